The second-order valence-electron chi connectivity index (χ2n) is 3.67. The Balaban J connectivity index is 3.18. The fourth-order valence-corrected chi connectivity index (χ4v) is 2.28. The smallest absolute Gasteiger partial charge is 0.273 e. The Morgan fingerprint density at radius 3 is 2.39 bits per heavy atom. The molecule has 1 atom stereocenters. The largest absolute Gasteiger partial charge is 0.504 e. The third-order valence-corrected chi connectivity index (χ3v) is 3.44. The lowest BCUT2D eigenvalue weighted by Gasteiger charge is -2.18. The summed E-state index contributed by atoms with van der Waals surface area (Å²) < 4.78 is 31.5. The number of phenols is 2. The molecular weight excluding hydrogens is 264 g/mol. The fraction of sp³-hybridized carbons (Fsp3) is 0.333. The van der Waals surface area contributed by atoms with Crippen molar-refractivity contribution in [3.63, 3.8) is 0 Å². The molecule has 0 aliphatic rings. The molecule has 1 rings (SSSR count). The van der Waals surface area contributed by atoms with Crippen LogP contribution >= 0.6 is 0 Å². The van der Waals surface area contributed by atoms with Gasteiger partial charge < -0.3 is 10.2 Å². The van der Waals surface area contributed by atoms with Crippen molar-refractivity contribution in [1.82, 2.24) is 5.01 Å². The van der Waals surface area contributed by atoms with Crippen LogP contribution in [0.5, 0.6) is 11.5 Å². The van der Waals surface area contributed by atoms with E-state index in [0.717, 1.165) is 17.1 Å². The fourth-order valence-electron chi connectivity index (χ4n) is 1.39. The topological polar surface area (TPSA) is 128 Å². The van der Waals surface area contributed by atoms with E-state index in [1.54, 1.807) is 0 Å². The summed E-state index contributed by atoms with van der Waals surface area (Å²) in [6.45, 7) is -0.382. The van der Waals surface area contributed by atoms with Crippen LogP contribution in [0.25, 0.3) is 0 Å². The van der Waals surface area contributed by atoms with Gasteiger partial charge in [-0.3, -0.25) is 9.56 Å². The van der Waals surface area contributed by atoms with E-state index in [-0.39, 0.29) is 12.1 Å². The second kappa shape index (κ2) is 5.19. The van der Waals surface area contributed by atoms with Crippen LogP contribution in [0, 0.1) is 4.91 Å². The molecule has 0 bridgehead atoms. The average molecular weight is 276 g/mol. The first-order chi connectivity index (χ1) is 8.25. The molecule has 0 spiro atoms. The third-order valence-electron chi connectivity index (χ3n) is 2.30. The van der Waals surface area contributed by atoms with Crippen molar-refractivity contribution in [2.75, 3.05) is 13.6 Å². The van der Waals surface area contributed by atoms with Crippen molar-refractivity contribution in [2.24, 2.45) is 5.29 Å². The van der Waals surface area contributed by atoms with Gasteiger partial charge in [0.2, 0.25) is 0 Å². The van der Waals surface area contributed by atoms with Gasteiger partial charge in [-0.15, -0.1) is 4.91 Å². The molecule has 9 heteroatoms. The van der Waals surface area contributed by atoms with E-state index in [1.807, 2.05) is 0 Å². The summed E-state index contributed by atoms with van der Waals surface area (Å²) in [6, 6.07) is 3.29. The van der Waals surface area contributed by atoms with Gasteiger partial charge in [-0.05, 0) is 17.7 Å². The molecule has 3 N–H and O–H groups in total. The monoisotopic (exact) mass is 276 g/mol. The van der Waals surface area contributed by atoms with Crippen LogP contribution < -0.4 is 0 Å². The van der Waals surface area contributed by atoms with Crippen molar-refractivity contribution in [2.45, 2.75) is 5.25 Å². The predicted molar refractivity (Wildman–Crippen MR) is 62.5 cm³/mol. The molecule has 0 aliphatic carbocycles. The van der Waals surface area contributed by atoms with Crippen molar-refractivity contribution in [1.29, 1.82) is 0 Å². The summed E-state index contributed by atoms with van der Waals surface area (Å²) >= 11 is 0. The zero-order chi connectivity index (χ0) is 13.9. The Labute approximate surface area is 103 Å². The van der Waals surface area contributed by atoms with Gasteiger partial charge in [-0.1, -0.05) is 6.07 Å². The lowest BCUT2D eigenvalue weighted by molar-refractivity contribution is 0.336. The number of nitroso groups, excluding NO2 is 1. The number of hydrogen-bond acceptors (Lipinski definition) is 6. The standard InChI is InChI=1S/C9H12N2O6S/c1-11(10-14)5-9(18(15,16)17)6-2-3-7(12)8(13)4-6/h2-4,9,12-13H,5H2,1H3,(H,15,16,17)/t9-/m0/s1. The molecule has 0 aliphatic heterocycles. The molecule has 0 heterocycles. The summed E-state index contributed by atoms with van der Waals surface area (Å²) in [7, 11) is -3.24. The highest BCUT2D eigenvalue weighted by atomic mass is 32.2. The molecule has 18 heavy (non-hydrogen) atoms. The molecule has 0 radical (unpaired) electrons. The number of benzene rings is 1. The van der Waals surface area contributed by atoms with E-state index in [1.165, 1.54) is 13.1 Å². The number of phenolic OH excluding ortho intramolecular Hbond substituents is 2. The maximum atomic E-state index is 11.2. The summed E-state index contributed by atoms with van der Waals surface area (Å²) in [5.41, 5.74) is 0.0308. The van der Waals surface area contributed by atoms with E-state index in [9.17, 15) is 18.4 Å². The van der Waals surface area contributed by atoms with E-state index in [2.05, 4.69) is 5.29 Å². The van der Waals surface area contributed by atoms with Crippen LogP contribution in [0.2, 0.25) is 0 Å². The van der Waals surface area contributed by atoms with Crippen molar-refractivity contribution in [3.05, 3.63) is 28.7 Å². The molecule has 0 amide bonds. The first-order valence-corrected chi connectivity index (χ1v) is 6.28. The molecular formula is C9H12N2O6S. The van der Waals surface area contributed by atoms with Gasteiger partial charge in [0.1, 0.15) is 5.25 Å². The van der Waals surface area contributed by atoms with Crippen LogP contribution in [0.1, 0.15) is 10.8 Å². The highest BCUT2D eigenvalue weighted by molar-refractivity contribution is 7.86. The summed E-state index contributed by atoms with van der Waals surface area (Å²) in [6.07, 6.45) is 0. The zero-order valence-electron chi connectivity index (χ0n) is 9.39. The molecule has 0 aromatic heterocycles. The Hall–Kier alpha value is -1.87. The third kappa shape index (κ3) is 3.31. The Bertz CT molecular complexity index is 544. The molecule has 8 nitrogen and oxygen atoms in total. The highest BCUT2D eigenvalue weighted by Gasteiger charge is 2.27. The van der Waals surface area contributed by atoms with Gasteiger partial charge in [0, 0.05) is 7.05 Å². The van der Waals surface area contributed by atoms with Crippen LogP contribution in [0.3, 0.4) is 0 Å². The van der Waals surface area contributed by atoms with Crippen molar-refractivity contribution < 1.29 is 23.2 Å². The summed E-state index contributed by atoms with van der Waals surface area (Å²) in [4.78, 5) is 10.2. The first kappa shape index (κ1) is 14.2. The van der Waals surface area contributed by atoms with Gasteiger partial charge in [0.15, 0.2) is 11.5 Å². The van der Waals surface area contributed by atoms with E-state index in [0.29, 0.717) is 0 Å². The summed E-state index contributed by atoms with van der Waals surface area (Å²) in [5.74, 6) is -0.947. The van der Waals surface area contributed by atoms with Gasteiger partial charge >= 0.3 is 0 Å². The molecule has 0 saturated carbocycles. The molecule has 100 valence electrons. The minimum absolute atomic E-state index is 0.0308. The quantitative estimate of drug-likeness (QED) is 0.311. The normalized spacial score (nSPS) is 13.0. The van der Waals surface area contributed by atoms with Gasteiger partial charge in [-0.2, -0.15) is 8.42 Å². The summed E-state index contributed by atoms with van der Waals surface area (Å²) in [5, 5.41) is 20.2. The number of likely N-dealkylation sites (N-methyl/N-ethyl adjacent to an activating group) is 1. The number of aromatic hydroxyl groups is 2. The second-order valence-corrected chi connectivity index (χ2v) is 5.27. The molecule has 1 aromatic carbocycles. The van der Waals surface area contributed by atoms with Gasteiger partial charge in [0.05, 0.1) is 11.8 Å². The maximum absolute atomic E-state index is 11.2. The molecule has 1 aromatic rings. The first-order valence-electron chi connectivity index (χ1n) is 4.78. The minimum Gasteiger partial charge on any atom is -0.504 e. The van der Waals surface area contributed by atoms with E-state index in [4.69, 9.17) is 9.66 Å². The van der Waals surface area contributed by atoms with Crippen LogP contribution in [-0.2, 0) is 10.1 Å². The van der Waals surface area contributed by atoms with Gasteiger partial charge in [-0.25, -0.2) is 0 Å². The van der Waals surface area contributed by atoms with Crippen LogP contribution in [0.15, 0.2) is 23.5 Å². The van der Waals surface area contributed by atoms with Crippen molar-refractivity contribution >= 4 is 10.1 Å². The Morgan fingerprint density at radius 2 is 1.94 bits per heavy atom. The number of hydrogen-bond donors (Lipinski definition) is 3. The Kier molecular flexibility index (Phi) is 4.09. The maximum Gasteiger partial charge on any atom is 0.273 e. The van der Waals surface area contributed by atoms with E-state index < -0.39 is 26.9 Å². The average Bonchev–Trinajstić information content (AvgIpc) is 2.28. The lowest BCUT2D eigenvalue weighted by Crippen LogP contribution is -2.25. The Morgan fingerprint density at radius 1 is 1.33 bits per heavy atom. The molecule has 0 unspecified atom stereocenters. The van der Waals surface area contributed by atoms with Crippen LogP contribution in [-0.4, -0.2) is 41.8 Å². The molecule has 0 saturated heterocycles. The highest BCUT2D eigenvalue weighted by Crippen LogP contribution is 2.31. The van der Waals surface area contributed by atoms with E-state index >= 15 is 0 Å². The van der Waals surface area contributed by atoms with Crippen molar-refractivity contribution in [3.8, 4) is 11.5 Å². The zero-order valence-corrected chi connectivity index (χ0v) is 10.2. The predicted octanol–water partition coefficient (Wildman–Crippen LogP) is 0.640. The SMILES string of the molecule is CN(C[C@@H](c1ccc(O)c(O)c1)S(=O)(=O)O)N=O. The number of nitrogens with zero attached hydrogens (tertiary/aromatic N) is 2. The molecule has 0 fully saturated rings. The number of rotatable bonds is 5. The van der Waals surface area contributed by atoms with Crippen LogP contribution in [0.4, 0.5) is 0 Å². The van der Waals surface area contributed by atoms with Gasteiger partial charge in [0.25, 0.3) is 10.1 Å². The minimum atomic E-state index is -4.49. The lowest BCUT2D eigenvalue weighted by atomic mass is 10.1.